The second-order valence-electron chi connectivity index (χ2n) is 4.73. The summed E-state index contributed by atoms with van der Waals surface area (Å²) in [7, 11) is 0. The van der Waals surface area contributed by atoms with E-state index in [0.29, 0.717) is 5.69 Å². The van der Waals surface area contributed by atoms with Crippen LogP contribution in [0.1, 0.15) is 33.6 Å². The van der Waals surface area contributed by atoms with Gasteiger partial charge in [-0.05, 0) is 32.4 Å². The predicted octanol–water partition coefficient (Wildman–Crippen LogP) is 3.60. The van der Waals surface area contributed by atoms with Crippen LogP contribution in [0, 0.1) is 22.5 Å². The molecule has 0 aliphatic carbocycles. The van der Waals surface area contributed by atoms with Crippen LogP contribution >= 0.6 is 0 Å². The van der Waals surface area contributed by atoms with Crippen molar-refractivity contribution in [1.29, 1.82) is 0 Å². The molecule has 1 aromatic carbocycles. The number of hydrogen-bond acceptors (Lipinski definition) is 4. The highest BCUT2D eigenvalue weighted by Gasteiger charge is 2.22. The number of para-hydroxylation sites is 1. The molecule has 0 aromatic heterocycles. The van der Waals surface area contributed by atoms with Gasteiger partial charge in [-0.25, -0.2) is 0 Å². The first kappa shape index (κ1) is 15.8. The van der Waals surface area contributed by atoms with Crippen LogP contribution in [0.4, 0.5) is 11.4 Å². The van der Waals surface area contributed by atoms with Gasteiger partial charge in [0.1, 0.15) is 5.69 Å². The van der Waals surface area contributed by atoms with Gasteiger partial charge in [0.15, 0.2) is 5.75 Å². The molecule has 0 fully saturated rings. The van der Waals surface area contributed by atoms with Gasteiger partial charge in [-0.15, -0.1) is 6.42 Å². The molecule has 0 aliphatic heterocycles. The number of nitrogens with zero attached hydrogens (tertiary/aromatic N) is 1. The van der Waals surface area contributed by atoms with E-state index >= 15 is 0 Å². The first-order chi connectivity index (χ1) is 9.49. The normalized spacial score (nSPS) is 11.8. The maximum atomic E-state index is 11.3. The minimum absolute atomic E-state index is 0.0717. The van der Waals surface area contributed by atoms with E-state index in [4.69, 9.17) is 11.2 Å². The quantitative estimate of drug-likeness (QED) is 0.469. The fraction of sp³-hybridized carbons (Fsp3) is 0.467. The Morgan fingerprint density at radius 3 is 2.70 bits per heavy atom. The first-order valence-electron chi connectivity index (χ1n) is 6.66. The third-order valence-corrected chi connectivity index (χ3v) is 2.65. The van der Waals surface area contributed by atoms with Gasteiger partial charge >= 0.3 is 5.69 Å². The van der Waals surface area contributed by atoms with Gasteiger partial charge < -0.3 is 10.1 Å². The molecule has 108 valence electrons. The molecule has 0 saturated carbocycles. The van der Waals surface area contributed by atoms with Crippen molar-refractivity contribution in [2.24, 2.45) is 0 Å². The molecular weight excluding hydrogens is 256 g/mol. The van der Waals surface area contributed by atoms with Gasteiger partial charge in [-0.3, -0.25) is 10.1 Å². The highest BCUT2D eigenvalue weighted by molar-refractivity contribution is 5.69. The molecule has 0 amide bonds. The zero-order valence-corrected chi connectivity index (χ0v) is 12.1. The van der Waals surface area contributed by atoms with Gasteiger partial charge in [0.05, 0.1) is 17.1 Å². The van der Waals surface area contributed by atoms with Crippen molar-refractivity contribution in [2.45, 2.75) is 45.8 Å². The van der Waals surface area contributed by atoms with E-state index in [9.17, 15) is 10.1 Å². The number of ether oxygens (including phenoxy) is 1. The Labute approximate surface area is 119 Å². The topological polar surface area (TPSA) is 64.4 Å². The number of nitrogens with one attached hydrogen (secondary N) is 1. The third kappa shape index (κ3) is 4.16. The van der Waals surface area contributed by atoms with Crippen molar-refractivity contribution in [3.05, 3.63) is 28.3 Å². The summed E-state index contributed by atoms with van der Waals surface area (Å²) in [6, 6.07) is 4.72. The lowest BCUT2D eigenvalue weighted by Crippen LogP contribution is -2.18. The van der Waals surface area contributed by atoms with Crippen molar-refractivity contribution in [1.82, 2.24) is 0 Å². The Morgan fingerprint density at radius 1 is 1.50 bits per heavy atom. The van der Waals surface area contributed by atoms with Crippen molar-refractivity contribution in [3.63, 3.8) is 0 Å². The first-order valence-corrected chi connectivity index (χ1v) is 6.66. The van der Waals surface area contributed by atoms with Gasteiger partial charge in [0, 0.05) is 0 Å². The molecule has 0 heterocycles. The van der Waals surface area contributed by atoms with Crippen LogP contribution in [0.2, 0.25) is 0 Å². The summed E-state index contributed by atoms with van der Waals surface area (Å²) in [5, 5.41) is 14.3. The lowest BCUT2D eigenvalue weighted by atomic mass is 10.1. The molecule has 1 N–H and O–H groups in total. The van der Waals surface area contributed by atoms with Gasteiger partial charge in [-0.1, -0.05) is 25.3 Å². The zero-order valence-electron chi connectivity index (χ0n) is 12.1. The summed E-state index contributed by atoms with van der Waals surface area (Å²) in [6.45, 7) is 5.66. The summed E-state index contributed by atoms with van der Waals surface area (Å²) < 4.78 is 5.49. The van der Waals surface area contributed by atoms with Crippen LogP contribution in [-0.4, -0.2) is 17.1 Å². The van der Waals surface area contributed by atoms with Crippen LogP contribution in [-0.2, 0) is 0 Å². The molecule has 1 unspecified atom stereocenters. The maximum Gasteiger partial charge on any atom is 0.333 e. The Morgan fingerprint density at radius 2 is 2.20 bits per heavy atom. The second-order valence-corrected chi connectivity index (χ2v) is 4.73. The second kappa shape index (κ2) is 7.39. The summed E-state index contributed by atoms with van der Waals surface area (Å²) in [5.41, 5.74) is 0.321. The lowest BCUT2D eigenvalue weighted by Gasteiger charge is -2.16. The summed E-state index contributed by atoms with van der Waals surface area (Å²) in [5.74, 6) is 2.86. The molecule has 20 heavy (non-hydrogen) atoms. The Bertz CT molecular complexity index is 506. The smallest absolute Gasteiger partial charge is 0.333 e. The number of benzene rings is 1. The number of rotatable bonds is 7. The molecule has 0 bridgehead atoms. The largest absolute Gasteiger partial charge is 0.484 e. The molecule has 5 heteroatoms. The molecule has 5 nitrogen and oxygen atoms in total. The van der Waals surface area contributed by atoms with Crippen molar-refractivity contribution in [3.8, 4) is 18.1 Å². The van der Waals surface area contributed by atoms with Crippen LogP contribution in [0.3, 0.4) is 0 Å². The summed E-state index contributed by atoms with van der Waals surface area (Å²) in [4.78, 5) is 10.8. The van der Waals surface area contributed by atoms with Crippen LogP contribution in [0.15, 0.2) is 18.2 Å². The number of nitro groups is 1. The number of hydrogen-bond donors (Lipinski definition) is 1. The monoisotopic (exact) mass is 276 g/mol. The zero-order chi connectivity index (χ0) is 15.1. The molecule has 0 radical (unpaired) electrons. The highest BCUT2D eigenvalue weighted by atomic mass is 16.6. The fourth-order valence-electron chi connectivity index (χ4n) is 1.85. The van der Waals surface area contributed by atoms with Gasteiger partial charge in [0.25, 0.3) is 0 Å². The Balaban J connectivity index is 3.12. The molecule has 0 saturated heterocycles. The van der Waals surface area contributed by atoms with Crippen molar-refractivity contribution in [2.75, 3.05) is 5.32 Å². The Hall–Kier alpha value is -2.22. The summed E-state index contributed by atoms with van der Waals surface area (Å²) in [6.07, 6.45) is 6.96. The van der Waals surface area contributed by atoms with Crippen LogP contribution < -0.4 is 10.1 Å². The van der Waals surface area contributed by atoms with Crippen LogP contribution in [0.25, 0.3) is 0 Å². The van der Waals surface area contributed by atoms with E-state index in [1.165, 1.54) is 0 Å². The number of nitro benzene ring substituents is 1. The van der Waals surface area contributed by atoms with Gasteiger partial charge in [-0.2, -0.15) is 0 Å². The third-order valence-electron chi connectivity index (χ3n) is 2.65. The van der Waals surface area contributed by atoms with Crippen molar-refractivity contribution < 1.29 is 9.66 Å². The standard InChI is InChI=1S/C15H20N2O3/c1-5-8-12(6-2)16-13-9-7-10-14(20-11(3)4)15(13)17(18)19/h2,7,9-12,16H,5,8H2,1,3-4H3. The lowest BCUT2D eigenvalue weighted by molar-refractivity contribution is -0.385. The molecule has 1 atom stereocenters. The fourth-order valence-corrected chi connectivity index (χ4v) is 1.85. The van der Waals surface area contributed by atoms with Crippen LogP contribution in [0.5, 0.6) is 5.75 Å². The van der Waals surface area contributed by atoms with E-state index in [-0.39, 0.29) is 23.6 Å². The minimum Gasteiger partial charge on any atom is -0.484 e. The average molecular weight is 276 g/mol. The predicted molar refractivity (Wildman–Crippen MR) is 80.0 cm³/mol. The maximum absolute atomic E-state index is 11.3. The Kier molecular flexibility index (Phi) is 5.85. The molecule has 1 rings (SSSR count). The van der Waals surface area contributed by atoms with E-state index in [0.717, 1.165) is 12.8 Å². The molecule has 1 aromatic rings. The average Bonchev–Trinajstić information content (AvgIpc) is 2.37. The molecule has 0 aliphatic rings. The number of terminal acetylenes is 1. The van der Waals surface area contributed by atoms with Gasteiger partial charge in [0.2, 0.25) is 0 Å². The van der Waals surface area contributed by atoms with E-state index in [2.05, 4.69) is 11.2 Å². The van der Waals surface area contributed by atoms with E-state index in [1.807, 2.05) is 20.8 Å². The van der Waals surface area contributed by atoms with E-state index in [1.54, 1.807) is 18.2 Å². The molecule has 0 spiro atoms. The molecular formula is C15H20N2O3. The van der Waals surface area contributed by atoms with Crippen molar-refractivity contribution >= 4 is 11.4 Å². The highest BCUT2D eigenvalue weighted by Crippen LogP contribution is 2.35. The van der Waals surface area contributed by atoms with E-state index < -0.39 is 4.92 Å². The minimum atomic E-state index is -0.445. The summed E-state index contributed by atoms with van der Waals surface area (Å²) >= 11 is 0. The SMILES string of the molecule is C#CC(CCC)Nc1cccc(OC(C)C)c1[N+](=O)[O-]. The number of anilines is 1.